The van der Waals surface area contributed by atoms with E-state index in [1.54, 1.807) is 0 Å². The summed E-state index contributed by atoms with van der Waals surface area (Å²) >= 11 is 0. The quantitative estimate of drug-likeness (QED) is 0.504. The van der Waals surface area contributed by atoms with Gasteiger partial charge in [0.05, 0.1) is 12.2 Å². The Labute approximate surface area is 104 Å². The monoisotopic (exact) mass is 240 g/mol. The highest BCUT2D eigenvalue weighted by Gasteiger charge is 2.29. The summed E-state index contributed by atoms with van der Waals surface area (Å²) in [4.78, 5) is 11.8. The normalized spacial score (nSPS) is 19.4. The average Bonchev–Trinajstić information content (AvgIpc) is 2.73. The zero-order valence-electron chi connectivity index (χ0n) is 11.3. The summed E-state index contributed by atoms with van der Waals surface area (Å²) in [6.45, 7) is 6.52. The molecule has 1 heterocycles. The van der Waals surface area contributed by atoms with Crippen molar-refractivity contribution in [2.75, 3.05) is 6.61 Å². The molecule has 0 fully saturated rings. The van der Waals surface area contributed by atoms with E-state index >= 15 is 0 Å². The molecule has 1 aliphatic heterocycles. The van der Waals surface area contributed by atoms with Gasteiger partial charge >= 0.3 is 5.97 Å². The van der Waals surface area contributed by atoms with Crippen molar-refractivity contribution in [2.24, 2.45) is 0 Å². The number of hydrogen-bond donors (Lipinski definition) is 0. The van der Waals surface area contributed by atoms with Gasteiger partial charge in [-0.25, -0.2) is 4.79 Å². The first-order chi connectivity index (χ1) is 8.22. The van der Waals surface area contributed by atoms with Crippen molar-refractivity contribution in [1.82, 2.24) is 0 Å². The Bertz CT molecular complexity index is 281. The van der Waals surface area contributed by atoms with E-state index in [0.29, 0.717) is 6.61 Å². The molecule has 0 aromatic carbocycles. The fraction of sp³-hybridized carbons (Fsp3) is 0.786. The molecule has 0 amide bonds. The van der Waals surface area contributed by atoms with E-state index in [0.717, 1.165) is 37.0 Å². The molecule has 0 saturated heterocycles. The molecule has 98 valence electrons. The molecule has 1 unspecified atom stereocenters. The fourth-order valence-electron chi connectivity index (χ4n) is 2.04. The number of rotatable bonds is 7. The highest BCUT2D eigenvalue weighted by Crippen LogP contribution is 2.31. The molecule has 0 saturated carbocycles. The standard InChI is InChI=1S/C14H24O3/c1-4-7-8-9-13-12(14(15)16-6-3)10-11(5-2)17-13/h11H,4-10H2,1-3H3. The molecule has 0 spiro atoms. The lowest BCUT2D eigenvalue weighted by Crippen LogP contribution is -2.09. The molecule has 3 heteroatoms. The predicted molar refractivity (Wildman–Crippen MR) is 67.6 cm³/mol. The molecule has 0 aromatic rings. The van der Waals surface area contributed by atoms with Gasteiger partial charge in [0.15, 0.2) is 0 Å². The molecular formula is C14H24O3. The van der Waals surface area contributed by atoms with Gasteiger partial charge in [-0.3, -0.25) is 0 Å². The molecule has 0 radical (unpaired) electrons. The van der Waals surface area contributed by atoms with Crippen molar-refractivity contribution in [3.63, 3.8) is 0 Å². The fourth-order valence-corrected chi connectivity index (χ4v) is 2.04. The first-order valence-corrected chi connectivity index (χ1v) is 6.78. The molecule has 0 N–H and O–H groups in total. The second-order valence-corrected chi connectivity index (χ2v) is 4.43. The van der Waals surface area contributed by atoms with Crippen molar-refractivity contribution in [3.05, 3.63) is 11.3 Å². The summed E-state index contributed by atoms with van der Waals surface area (Å²) in [5.41, 5.74) is 0.773. The summed E-state index contributed by atoms with van der Waals surface area (Å²) in [5.74, 6) is 0.693. The summed E-state index contributed by atoms with van der Waals surface area (Å²) in [7, 11) is 0. The van der Waals surface area contributed by atoms with Crippen molar-refractivity contribution in [1.29, 1.82) is 0 Å². The first kappa shape index (κ1) is 14.1. The van der Waals surface area contributed by atoms with E-state index in [-0.39, 0.29) is 12.1 Å². The van der Waals surface area contributed by atoms with E-state index in [1.807, 2.05) is 6.92 Å². The summed E-state index contributed by atoms with van der Waals surface area (Å²) in [5, 5.41) is 0. The minimum absolute atomic E-state index is 0.172. The molecule has 1 aliphatic rings. The lowest BCUT2D eigenvalue weighted by molar-refractivity contribution is -0.138. The lowest BCUT2D eigenvalue weighted by atomic mass is 10.1. The summed E-state index contributed by atoms with van der Waals surface area (Å²) in [6.07, 6.45) is 6.16. The van der Waals surface area contributed by atoms with Crippen LogP contribution < -0.4 is 0 Å². The Hall–Kier alpha value is -0.990. The molecule has 17 heavy (non-hydrogen) atoms. The Kier molecular flexibility index (Phi) is 6.09. The number of esters is 1. The summed E-state index contributed by atoms with van der Waals surface area (Å²) < 4.78 is 10.9. The zero-order chi connectivity index (χ0) is 12.7. The highest BCUT2D eigenvalue weighted by molar-refractivity contribution is 5.89. The van der Waals surface area contributed by atoms with Crippen molar-refractivity contribution in [2.45, 2.75) is 65.4 Å². The molecule has 1 atom stereocenters. The van der Waals surface area contributed by atoms with Crippen molar-refractivity contribution < 1.29 is 14.3 Å². The van der Waals surface area contributed by atoms with Crippen LogP contribution in [0.5, 0.6) is 0 Å². The van der Waals surface area contributed by atoms with Gasteiger partial charge in [0, 0.05) is 12.8 Å². The Balaban J connectivity index is 2.61. The summed E-state index contributed by atoms with van der Waals surface area (Å²) in [6, 6.07) is 0. The van der Waals surface area contributed by atoms with Gasteiger partial charge in [-0.15, -0.1) is 0 Å². The Morgan fingerprint density at radius 3 is 2.71 bits per heavy atom. The predicted octanol–water partition coefficient (Wildman–Crippen LogP) is 3.58. The van der Waals surface area contributed by atoms with Crippen molar-refractivity contribution >= 4 is 5.97 Å². The van der Waals surface area contributed by atoms with E-state index in [4.69, 9.17) is 9.47 Å². The number of ether oxygens (including phenoxy) is 2. The maximum atomic E-state index is 11.8. The smallest absolute Gasteiger partial charge is 0.337 e. The Morgan fingerprint density at radius 1 is 1.35 bits per heavy atom. The van der Waals surface area contributed by atoms with Gasteiger partial charge in [0.2, 0.25) is 0 Å². The largest absolute Gasteiger partial charge is 0.494 e. The maximum Gasteiger partial charge on any atom is 0.337 e. The van der Waals surface area contributed by atoms with Gasteiger partial charge in [0.25, 0.3) is 0 Å². The third kappa shape index (κ3) is 4.06. The third-order valence-corrected chi connectivity index (χ3v) is 3.06. The van der Waals surface area contributed by atoms with Crippen LogP contribution in [0.25, 0.3) is 0 Å². The maximum absolute atomic E-state index is 11.8. The van der Waals surface area contributed by atoms with Gasteiger partial charge in [0.1, 0.15) is 11.9 Å². The Morgan fingerprint density at radius 2 is 2.12 bits per heavy atom. The number of carbonyl (C=O) groups excluding carboxylic acids is 1. The lowest BCUT2D eigenvalue weighted by Gasteiger charge is -2.10. The number of hydrogen-bond acceptors (Lipinski definition) is 3. The number of unbranched alkanes of at least 4 members (excludes halogenated alkanes) is 2. The van der Waals surface area contributed by atoms with Gasteiger partial charge in [-0.05, 0) is 19.8 Å². The van der Waals surface area contributed by atoms with E-state index in [1.165, 1.54) is 12.8 Å². The number of allylic oxidation sites excluding steroid dienone is 1. The van der Waals surface area contributed by atoms with Crippen LogP contribution in [0, 0.1) is 0 Å². The molecule has 1 rings (SSSR count). The molecule has 3 nitrogen and oxygen atoms in total. The second-order valence-electron chi connectivity index (χ2n) is 4.43. The minimum Gasteiger partial charge on any atom is -0.494 e. The number of carbonyl (C=O) groups is 1. The van der Waals surface area contributed by atoms with E-state index < -0.39 is 0 Å². The second kappa shape index (κ2) is 7.36. The molecule has 0 bridgehead atoms. The van der Waals surface area contributed by atoms with Crippen LogP contribution >= 0.6 is 0 Å². The van der Waals surface area contributed by atoms with Crippen LogP contribution in [0.1, 0.15) is 59.3 Å². The van der Waals surface area contributed by atoms with Crippen LogP contribution in [0.4, 0.5) is 0 Å². The van der Waals surface area contributed by atoms with E-state index in [9.17, 15) is 4.79 Å². The minimum atomic E-state index is -0.185. The van der Waals surface area contributed by atoms with Crippen LogP contribution in [0.3, 0.4) is 0 Å². The molecule has 0 aliphatic carbocycles. The molecular weight excluding hydrogens is 216 g/mol. The van der Waals surface area contributed by atoms with Gasteiger partial charge < -0.3 is 9.47 Å². The van der Waals surface area contributed by atoms with Crippen LogP contribution in [0.15, 0.2) is 11.3 Å². The van der Waals surface area contributed by atoms with Crippen LogP contribution in [-0.2, 0) is 14.3 Å². The van der Waals surface area contributed by atoms with Crippen molar-refractivity contribution in [3.8, 4) is 0 Å². The van der Waals surface area contributed by atoms with E-state index in [2.05, 4.69) is 13.8 Å². The third-order valence-electron chi connectivity index (χ3n) is 3.06. The average molecular weight is 240 g/mol. The first-order valence-electron chi connectivity index (χ1n) is 6.78. The highest BCUT2D eigenvalue weighted by atomic mass is 16.5. The topological polar surface area (TPSA) is 35.5 Å². The van der Waals surface area contributed by atoms with Crippen LogP contribution in [0.2, 0.25) is 0 Å². The van der Waals surface area contributed by atoms with Gasteiger partial charge in [-0.2, -0.15) is 0 Å². The SMILES string of the molecule is CCCCCC1=C(C(=O)OCC)CC(CC)O1. The van der Waals surface area contributed by atoms with Crippen LogP contribution in [-0.4, -0.2) is 18.7 Å². The zero-order valence-corrected chi connectivity index (χ0v) is 11.3. The van der Waals surface area contributed by atoms with Gasteiger partial charge in [-0.1, -0.05) is 26.7 Å². The molecule has 0 aromatic heterocycles.